The molecule has 1 unspecified atom stereocenters. The molecule has 0 aromatic heterocycles. The number of halogens is 1. The lowest BCUT2D eigenvalue weighted by atomic mass is 10.9. The average Bonchev–Trinajstić information content (AvgIpc) is 1.35. The fourth-order valence-corrected chi connectivity index (χ4v) is 0.597. The molecule has 4 heteroatoms. The van der Waals surface area contributed by atoms with Gasteiger partial charge in [-0.1, -0.05) is 0 Å². The minimum absolute atomic E-state index is 0.415. The molecule has 0 saturated heterocycles. The third-order valence-electron chi connectivity index (χ3n) is 0.231. The van der Waals surface area contributed by atoms with Crippen molar-refractivity contribution in [1.29, 1.82) is 0 Å². The van der Waals surface area contributed by atoms with Gasteiger partial charge in [-0.25, -0.2) is 0 Å². The van der Waals surface area contributed by atoms with E-state index in [1.165, 1.54) is 0 Å². The Labute approximate surface area is 42.1 Å². The van der Waals surface area contributed by atoms with Crippen LogP contribution in [0.4, 0.5) is 0 Å². The molecule has 0 spiro atoms. The van der Waals surface area contributed by atoms with Gasteiger partial charge in [0.05, 0.1) is 0 Å². The lowest BCUT2D eigenvalue weighted by Crippen LogP contribution is -1.69. The number of hydrogen-bond donors (Lipinski definition) is 0. The summed E-state index contributed by atoms with van der Waals surface area (Å²) >= 11 is 4.86. The van der Waals surface area contributed by atoms with Crippen molar-refractivity contribution in [3.05, 3.63) is 0 Å². The van der Waals surface area contributed by atoms with E-state index < -0.39 is 7.38 Å². The molecule has 0 N–H and O–H groups in total. The first-order valence-electron chi connectivity index (χ1n) is 1.53. The summed E-state index contributed by atoms with van der Waals surface area (Å²) in [6.07, 6.45) is 0. The van der Waals surface area contributed by atoms with Crippen LogP contribution in [0.1, 0.15) is 6.92 Å². The van der Waals surface area contributed by atoms with Gasteiger partial charge in [0.1, 0.15) is 6.61 Å². The van der Waals surface area contributed by atoms with E-state index in [4.69, 9.17) is 11.2 Å². The van der Waals surface area contributed by atoms with Gasteiger partial charge in [0.25, 0.3) is 0 Å². The van der Waals surface area contributed by atoms with Crippen LogP contribution in [0.15, 0.2) is 0 Å². The van der Waals surface area contributed by atoms with Crippen LogP contribution in [0.2, 0.25) is 0 Å². The van der Waals surface area contributed by atoms with Crippen molar-refractivity contribution in [3.63, 3.8) is 0 Å². The van der Waals surface area contributed by atoms with Crippen molar-refractivity contribution in [2.75, 3.05) is 6.61 Å². The van der Waals surface area contributed by atoms with Crippen molar-refractivity contribution in [2.45, 2.75) is 6.92 Å². The molecule has 0 aliphatic rings. The lowest BCUT2D eigenvalue weighted by molar-refractivity contribution is 0.361. The van der Waals surface area contributed by atoms with E-state index in [1.807, 2.05) is 0 Å². The summed E-state index contributed by atoms with van der Waals surface area (Å²) < 4.78 is 14.1. The average molecular weight is 127 g/mol. The molecule has 0 fully saturated rings. The Kier molecular flexibility index (Phi) is 3.74. The topological polar surface area (TPSA) is 26.3 Å². The molecule has 0 aliphatic carbocycles. The van der Waals surface area contributed by atoms with Crippen molar-refractivity contribution in [1.82, 2.24) is 0 Å². The van der Waals surface area contributed by atoms with Crippen LogP contribution < -0.4 is 0 Å². The van der Waals surface area contributed by atoms with Crippen molar-refractivity contribution >= 4 is 18.6 Å². The minimum atomic E-state index is -1.88. The molecule has 0 bridgehead atoms. The Morgan fingerprint density at radius 3 is 2.50 bits per heavy atom. The van der Waals surface area contributed by atoms with Gasteiger partial charge in [-0.15, -0.1) is 4.52 Å². The standard InChI is InChI=1S/C2H5ClO2P/c1-2-5-6(3)4/h2H2,1H3/q+1. The second kappa shape index (κ2) is 3.54. The highest BCUT2D eigenvalue weighted by Gasteiger charge is 2.07. The highest BCUT2D eigenvalue weighted by molar-refractivity contribution is 7.69. The SMILES string of the molecule is CCO[P+](=O)Cl. The number of hydrogen-bond acceptors (Lipinski definition) is 2. The van der Waals surface area contributed by atoms with Gasteiger partial charge in [0.15, 0.2) is 0 Å². The first kappa shape index (κ1) is 6.35. The first-order valence-corrected chi connectivity index (χ1v) is 3.61. The van der Waals surface area contributed by atoms with Crippen molar-refractivity contribution < 1.29 is 9.09 Å². The Morgan fingerprint density at radius 2 is 2.50 bits per heavy atom. The van der Waals surface area contributed by atoms with Gasteiger partial charge < -0.3 is 0 Å². The molecule has 0 aromatic rings. The largest absolute Gasteiger partial charge is 0.633 e. The van der Waals surface area contributed by atoms with Gasteiger partial charge in [0.2, 0.25) is 11.2 Å². The van der Waals surface area contributed by atoms with Crippen LogP contribution in [0, 0.1) is 0 Å². The summed E-state index contributed by atoms with van der Waals surface area (Å²) in [5, 5.41) is 0. The predicted octanol–water partition coefficient (Wildman–Crippen LogP) is 1.92. The van der Waals surface area contributed by atoms with Gasteiger partial charge in [-0.2, -0.15) is 0 Å². The molecule has 36 valence electrons. The molecule has 6 heavy (non-hydrogen) atoms. The van der Waals surface area contributed by atoms with E-state index in [9.17, 15) is 4.57 Å². The van der Waals surface area contributed by atoms with Crippen LogP contribution in [0.3, 0.4) is 0 Å². The van der Waals surface area contributed by atoms with Crippen LogP contribution in [0.25, 0.3) is 0 Å². The third-order valence-corrected chi connectivity index (χ3v) is 0.985. The zero-order valence-corrected chi connectivity index (χ0v) is 5.00. The monoisotopic (exact) mass is 127 g/mol. The highest BCUT2D eigenvalue weighted by atomic mass is 35.7. The highest BCUT2D eigenvalue weighted by Crippen LogP contribution is 2.26. The van der Waals surface area contributed by atoms with Gasteiger partial charge in [-0.3, -0.25) is 0 Å². The molecule has 0 radical (unpaired) electrons. The van der Waals surface area contributed by atoms with Crippen LogP contribution in [-0.4, -0.2) is 6.61 Å². The maximum absolute atomic E-state index is 9.74. The van der Waals surface area contributed by atoms with E-state index in [0.717, 1.165) is 0 Å². The predicted molar refractivity (Wildman–Crippen MR) is 25.1 cm³/mol. The summed E-state index contributed by atoms with van der Waals surface area (Å²) in [5.74, 6) is 0. The van der Waals surface area contributed by atoms with E-state index >= 15 is 0 Å². The summed E-state index contributed by atoms with van der Waals surface area (Å²) in [6.45, 7) is 2.15. The number of rotatable bonds is 2. The summed E-state index contributed by atoms with van der Waals surface area (Å²) in [7, 11) is -1.88. The molecule has 0 aliphatic heterocycles. The van der Waals surface area contributed by atoms with E-state index in [-0.39, 0.29) is 0 Å². The van der Waals surface area contributed by atoms with E-state index in [1.54, 1.807) is 6.92 Å². The second-order valence-electron chi connectivity index (χ2n) is 0.630. The molecule has 0 amide bonds. The van der Waals surface area contributed by atoms with Gasteiger partial charge in [0, 0.05) is 0 Å². The third kappa shape index (κ3) is 4.35. The molecule has 0 heterocycles. The molecular weight excluding hydrogens is 122 g/mol. The summed E-state index contributed by atoms with van der Waals surface area (Å²) in [5.41, 5.74) is 0. The summed E-state index contributed by atoms with van der Waals surface area (Å²) in [4.78, 5) is 0. The zero-order valence-electron chi connectivity index (χ0n) is 3.35. The van der Waals surface area contributed by atoms with Crippen molar-refractivity contribution in [3.8, 4) is 0 Å². The van der Waals surface area contributed by atoms with Crippen LogP contribution in [0.5, 0.6) is 0 Å². The normalized spacial score (nSPS) is 11.3. The van der Waals surface area contributed by atoms with Crippen LogP contribution >= 0.6 is 18.6 Å². The fraction of sp³-hybridized carbons (Fsp3) is 1.00. The minimum Gasteiger partial charge on any atom is -0.131 e. The Bertz CT molecular complexity index is 55.5. The first-order chi connectivity index (χ1) is 2.77. The Hall–Kier alpha value is 0.350. The van der Waals surface area contributed by atoms with E-state index in [2.05, 4.69) is 4.52 Å². The molecule has 0 rings (SSSR count). The van der Waals surface area contributed by atoms with Gasteiger partial charge in [-0.05, 0) is 11.5 Å². The zero-order chi connectivity index (χ0) is 4.99. The van der Waals surface area contributed by atoms with Gasteiger partial charge >= 0.3 is 7.38 Å². The molecule has 0 aromatic carbocycles. The summed E-state index contributed by atoms with van der Waals surface area (Å²) in [6, 6.07) is 0. The lowest BCUT2D eigenvalue weighted by Gasteiger charge is -1.67. The van der Waals surface area contributed by atoms with E-state index in [0.29, 0.717) is 6.61 Å². The fourth-order valence-electron chi connectivity index (χ4n) is 0.101. The second-order valence-corrected chi connectivity index (χ2v) is 2.14. The maximum atomic E-state index is 9.74. The molecular formula is C2H5ClO2P+. The van der Waals surface area contributed by atoms with Crippen molar-refractivity contribution in [2.24, 2.45) is 0 Å². The van der Waals surface area contributed by atoms with Crippen LogP contribution in [-0.2, 0) is 9.09 Å². The Balaban J connectivity index is 2.83. The Morgan fingerprint density at radius 1 is 2.00 bits per heavy atom. The molecule has 2 nitrogen and oxygen atoms in total. The quantitative estimate of drug-likeness (QED) is 0.530. The molecule has 1 atom stereocenters. The smallest absolute Gasteiger partial charge is 0.131 e. The molecule has 0 saturated carbocycles. The maximum Gasteiger partial charge on any atom is 0.633 e.